The van der Waals surface area contributed by atoms with Crippen molar-refractivity contribution in [3.05, 3.63) is 29.1 Å². The highest BCUT2D eigenvalue weighted by atomic mass is 16.5. The fourth-order valence-electron chi connectivity index (χ4n) is 4.77. The fraction of sp³-hybridized carbons (Fsp3) is 0.591. The van der Waals surface area contributed by atoms with Gasteiger partial charge in [0.15, 0.2) is 5.82 Å². The van der Waals surface area contributed by atoms with Crippen LogP contribution >= 0.6 is 0 Å². The standard InChI is InChI=1S/C15H21NO3.C7H11N7/c1-10-8-15(6-4-3-5-7-15)14(18)16(10)12-9-19-13(17)11(12)2;1-9-4-6-2-3-7(13-12-6)10-5-11-14-8/h10H,3-9H2,1-2H3;2-3,5,9H,4H2,1H3,(H2,8,10,11,13). The Morgan fingerprint density at radius 3 is 2.61 bits per heavy atom. The highest BCUT2D eigenvalue weighted by Gasteiger charge is 2.52. The number of nitrogens with two attached hydrogens (primary N) is 1. The Balaban J connectivity index is 0.000000196. The summed E-state index contributed by atoms with van der Waals surface area (Å²) in [4.78, 5) is 30.1. The number of aliphatic imine (C=N–C) groups is 1. The molecule has 33 heavy (non-hydrogen) atoms. The Hall–Kier alpha value is -3.21. The first kappa shape index (κ1) is 24.4. The first-order chi connectivity index (χ1) is 15.9. The van der Waals surface area contributed by atoms with E-state index >= 15 is 0 Å². The second-order valence-electron chi connectivity index (χ2n) is 8.61. The van der Waals surface area contributed by atoms with Gasteiger partial charge in [0, 0.05) is 12.6 Å². The summed E-state index contributed by atoms with van der Waals surface area (Å²) in [5.74, 6) is 5.20. The van der Waals surface area contributed by atoms with E-state index in [1.807, 2.05) is 18.0 Å². The molecule has 1 atom stereocenters. The molecule has 1 saturated heterocycles. The van der Waals surface area contributed by atoms with E-state index in [1.54, 1.807) is 13.0 Å². The van der Waals surface area contributed by atoms with E-state index in [0.29, 0.717) is 17.9 Å². The summed E-state index contributed by atoms with van der Waals surface area (Å²) in [5.41, 5.74) is 2.10. The lowest BCUT2D eigenvalue weighted by Crippen LogP contribution is -2.37. The number of carbonyl (C=O) groups excluding carboxylic acids is 2. The van der Waals surface area contributed by atoms with Crippen molar-refractivity contribution in [2.75, 3.05) is 13.7 Å². The number of carbonyl (C=O) groups is 2. The predicted octanol–water partition coefficient (Wildman–Crippen LogP) is 2.57. The van der Waals surface area contributed by atoms with Crippen molar-refractivity contribution < 1.29 is 14.3 Å². The van der Waals surface area contributed by atoms with Crippen LogP contribution in [-0.2, 0) is 20.9 Å². The van der Waals surface area contributed by atoms with Crippen LogP contribution in [0, 0.1) is 5.41 Å². The summed E-state index contributed by atoms with van der Waals surface area (Å²) in [5, 5.41) is 17.1. The maximum atomic E-state index is 12.9. The van der Waals surface area contributed by atoms with Gasteiger partial charge >= 0.3 is 5.97 Å². The molecular weight excluding hydrogens is 424 g/mol. The Kier molecular flexibility index (Phi) is 8.21. The normalized spacial score (nSPS) is 22.4. The van der Waals surface area contributed by atoms with Crippen molar-refractivity contribution in [2.45, 2.75) is 65.0 Å². The first-order valence-electron chi connectivity index (χ1n) is 11.2. The third-order valence-electron chi connectivity index (χ3n) is 6.35. The number of hydrogen-bond acceptors (Lipinski definition) is 8. The molecule has 11 heteroatoms. The molecule has 1 aromatic rings. The number of aromatic nitrogens is 2. The van der Waals surface area contributed by atoms with Crippen LogP contribution in [0.2, 0.25) is 0 Å². The molecule has 1 aliphatic carbocycles. The summed E-state index contributed by atoms with van der Waals surface area (Å²) in [7, 11) is 1.84. The van der Waals surface area contributed by atoms with E-state index in [-0.39, 0.29) is 29.9 Å². The van der Waals surface area contributed by atoms with Gasteiger partial charge in [-0.1, -0.05) is 24.5 Å². The van der Waals surface area contributed by atoms with Gasteiger partial charge in [0.1, 0.15) is 12.9 Å². The van der Waals surface area contributed by atoms with Gasteiger partial charge in [-0.05, 0) is 52.3 Å². The van der Waals surface area contributed by atoms with Crippen LogP contribution in [-0.4, -0.2) is 53.0 Å². The van der Waals surface area contributed by atoms with Crippen molar-refractivity contribution in [1.29, 1.82) is 0 Å². The molecule has 2 aliphatic heterocycles. The molecule has 2 fully saturated rings. The van der Waals surface area contributed by atoms with Gasteiger partial charge in [0.2, 0.25) is 5.91 Å². The second-order valence-corrected chi connectivity index (χ2v) is 8.61. The summed E-state index contributed by atoms with van der Waals surface area (Å²) in [6.45, 7) is 4.79. The monoisotopic (exact) mass is 456 g/mol. The highest BCUT2D eigenvalue weighted by molar-refractivity contribution is 5.94. The lowest BCUT2D eigenvalue weighted by Gasteiger charge is -2.31. The van der Waals surface area contributed by atoms with E-state index in [1.165, 1.54) is 12.8 Å². The molecule has 0 radical (unpaired) electrons. The predicted molar refractivity (Wildman–Crippen MR) is 122 cm³/mol. The van der Waals surface area contributed by atoms with Gasteiger partial charge in [-0.25, -0.2) is 9.79 Å². The van der Waals surface area contributed by atoms with Crippen LogP contribution in [0.4, 0.5) is 5.82 Å². The van der Waals surface area contributed by atoms with Gasteiger partial charge in [-0.15, -0.1) is 10.2 Å². The zero-order chi connectivity index (χ0) is 23.8. The quantitative estimate of drug-likeness (QED) is 0.173. The summed E-state index contributed by atoms with van der Waals surface area (Å²) in [6.07, 6.45) is 7.70. The Morgan fingerprint density at radius 1 is 1.27 bits per heavy atom. The van der Waals surface area contributed by atoms with Gasteiger partial charge < -0.3 is 20.8 Å². The van der Waals surface area contributed by atoms with Crippen LogP contribution in [0.25, 0.3) is 0 Å². The van der Waals surface area contributed by atoms with Crippen molar-refractivity contribution in [2.24, 2.45) is 26.6 Å². The number of esters is 1. The fourth-order valence-corrected chi connectivity index (χ4v) is 4.77. The Bertz CT molecular complexity index is 935. The van der Waals surface area contributed by atoms with Gasteiger partial charge in [0.05, 0.1) is 22.4 Å². The van der Waals surface area contributed by atoms with Crippen LogP contribution in [0.3, 0.4) is 0 Å². The minimum atomic E-state index is -0.278. The van der Waals surface area contributed by atoms with E-state index in [2.05, 4.69) is 37.8 Å². The largest absolute Gasteiger partial charge is 0.456 e. The molecule has 0 bridgehead atoms. The van der Waals surface area contributed by atoms with Crippen LogP contribution in [0.15, 0.2) is 38.7 Å². The third kappa shape index (κ3) is 5.59. The molecule has 4 rings (SSSR count). The third-order valence-corrected chi connectivity index (χ3v) is 6.35. The number of cyclic esters (lactones) is 1. The molecule has 178 valence electrons. The number of nitrogens with one attached hydrogen (secondary N) is 1. The molecule has 1 amide bonds. The molecule has 1 saturated carbocycles. The number of amides is 1. The topological polar surface area (TPSA) is 148 Å². The summed E-state index contributed by atoms with van der Waals surface area (Å²) >= 11 is 0. The van der Waals surface area contributed by atoms with E-state index in [0.717, 1.165) is 43.5 Å². The van der Waals surface area contributed by atoms with Crippen LogP contribution < -0.4 is 11.2 Å². The molecular formula is C22H32N8O3. The highest BCUT2D eigenvalue weighted by Crippen LogP contribution is 2.48. The molecule has 3 heterocycles. The Morgan fingerprint density at radius 2 is 2.03 bits per heavy atom. The SMILES string of the molecule is CC1=C(N2C(=O)C3(CCCCC3)CC2C)COC1=O.CNCc1ccc(N=CN=NN)nn1. The lowest BCUT2D eigenvalue weighted by molar-refractivity contribution is -0.138. The lowest BCUT2D eigenvalue weighted by atomic mass is 9.72. The van der Waals surface area contributed by atoms with Crippen molar-refractivity contribution in [3.8, 4) is 0 Å². The van der Waals surface area contributed by atoms with Gasteiger partial charge in [-0.3, -0.25) is 4.79 Å². The van der Waals surface area contributed by atoms with E-state index < -0.39 is 0 Å². The van der Waals surface area contributed by atoms with E-state index in [9.17, 15) is 9.59 Å². The maximum Gasteiger partial charge on any atom is 0.336 e. The smallest absolute Gasteiger partial charge is 0.336 e. The van der Waals surface area contributed by atoms with Crippen molar-refractivity contribution in [3.63, 3.8) is 0 Å². The maximum absolute atomic E-state index is 12.9. The zero-order valence-corrected chi connectivity index (χ0v) is 19.5. The minimum Gasteiger partial charge on any atom is -0.456 e. The number of likely N-dealkylation sites (tertiary alicyclic amines) is 1. The summed E-state index contributed by atoms with van der Waals surface area (Å²) in [6, 6.07) is 3.75. The Labute approximate surface area is 193 Å². The molecule has 11 nitrogen and oxygen atoms in total. The number of rotatable bonds is 5. The van der Waals surface area contributed by atoms with Crippen LogP contribution in [0.5, 0.6) is 0 Å². The first-order valence-corrected chi connectivity index (χ1v) is 11.2. The summed E-state index contributed by atoms with van der Waals surface area (Å²) < 4.78 is 5.06. The van der Waals surface area contributed by atoms with Gasteiger partial charge in [-0.2, -0.15) is 5.10 Å². The average molecular weight is 457 g/mol. The average Bonchev–Trinajstić information content (AvgIpc) is 3.25. The molecule has 1 aromatic heterocycles. The second kappa shape index (κ2) is 11.1. The number of nitrogens with zero attached hydrogens (tertiary/aromatic N) is 6. The number of hydrogen-bond donors (Lipinski definition) is 2. The van der Waals surface area contributed by atoms with Crippen LogP contribution in [0.1, 0.15) is 58.1 Å². The number of ether oxygens (including phenoxy) is 1. The molecule has 3 N–H and O–H groups in total. The van der Waals surface area contributed by atoms with Crippen molar-refractivity contribution in [1.82, 2.24) is 20.4 Å². The van der Waals surface area contributed by atoms with E-state index in [4.69, 9.17) is 10.6 Å². The molecule has 1 spiro atoms. The van der Waals surface area contributed by atoms with Gasteiger partial charge in [0.25, 0.3) is 0 Å². The molecule has 3 aliphatic rings. The van der Waals surface area contributed by atoms with Crippen molar-refractivity contribution >= 4 is 24.0 Å². The molecule has 1 unspecified atom stereocenters. The molecule has 0 aromatic carbocycles. The minimum absolute atomic E-state index is 0.156. The zero-order valence-electron chi connectivity index (χ0n) is 19.5.